The minimum atomic E-state index is -0.727. The monoisotopic (exact) mass is 357 g/mol. The number of carbonyl (C=O) groups is 2. The van der Waals surface area contributed by atoms with Gasteiger partial charge >= 0.3 is 0 Å². The van der Waals surface area contributed by atoms with E-state index in [0.717, 1.165) is 5.69 Å². The average Bonchev–Trinajstić information content (AvgIpc) is 3.09. The Hall–Kier alpha value is -3.20. The van der Waals surface area contributed by atoms with Crippen LogP contribution in [0.4, 0.5) is 5.69 Å². The molecule has 3 aromatic rings. The van der Waals surface area contributed by atoms with Gasteiger partial charge in [-0.3, -0.25) is 29.6 Å². The molecule has 0 atom stereocenters. The number of anilines is 1. The van der Waals surface area contributed by atoms with Crippen molar-refractivity contribution in [2.24, 2.45) is 0 Å². The molecule has 25 heavy (non-hydrogen) atoms. The summed E-state index contributed by atoms with van der Waals surface area (Å²) < 4.78 is 1.28. The minimum absolute atomic E-state index is 0.154. The van der Waals surface area contributed by atoms with E-state index >= 15 is 0 Å². The smallest absolute Gasteiger partial charge is 0.276 e. The van der Waals surface area contributed by atoms with E-state index in [0.29, 0.717) is 10.5 Å². The van der Waals surface area contributed by atoms with Crippen molar-refractivity contribution in [3.63, 3.8) is 0 Å². The highest BCUT2D eigenvalue weighted by Gasteiger charge is 2.15. The highest BCUT2D eigenvalue weighted by Crippen LogP contribution is 2.13. The second-order valence-electron chi connectivity index (χ2n) is 5.39. The van der Waals surface area contributed by atoms with Crippen LogP contribution >= 0.6 is 11.3 Å². The highest BCUT2D eigenvalue weighted by molar-refractivity contribution is 7.15. The van der Waals surface area contributed by atoms with E-state index in [9.17, 15) is 14.4 Å². The van der Waals surface area contributed by atoms with Crippen LogP contribution in [0, 0.1) is 0 Å². The Labute approximate surface area is 146 Å². The van der Waals surface area contributed by atoms with Crippen molar-refractivity contribution in [2.45, 2.75) is 0 Å². The van der Waals surface area contributed by atoms with E-state index in [-0.39, 0.29) is 5.56 Å². The highest BCUT2D eigenvalue weighted by atomic mass is 32.1. The van der Waals surface area contributed by atoms with E-state index < -0.39 is 17.4 Å². The number of thiazole rings is 1. The zero-order valence-corrected chi connectivity index (χ0v) is 14.3. The fraction of sp³-hybridized carbons (Fsp3) is 0.125. The number of hydrazine groups is 1. The summed E-state index contributed by atoms with van der Waals surface area (Å²) in [6.07, 6.45) is 2.74. The van der Waals surface area contributed by atoms with Gasteiger partial charge in [-0.25, -0.2) is 4.98 Å². The van der Waals surface area contributed by atoms with Gasteiger partial charge < -0.3 is 4.90 Å². The van der Waals surface area contributed by atoms with Crippen LogP contribution in [0.5, 0.6) is 0 Å². The Bertz CT molecular complexity index is 1010. The van der Waals surface area contributed by atoms with Gasteiger partial charge in [0.1, 0.15) is 5.56 Å². The van der Waals surface area contributed by atoms with Crippen molar-refractivity contribution >= 4 is 33.8 Å². The zero-order chi connectivity index (χ0) is 18.0. The number of nitrogens with zero attached hydrogens (tertiary/aromatic N) is 3. The molecular formula is C16H15N5O3S. The molecule has 0 radical (unpaired) electrons. The first kappa shape index (κ1) is 16.7. The van der Waals surface area contributed by atoms with Crippen molar-refractivity contribution in [3.8, 4) is 0 Å². The van der Waals surface area contributed by atoms with Crippen molar-refractivity contribution in [3.05, 3.63) is 63.5 Å². The van der Waals surface area contributed by atoms with Crippen LogP contribution in [0.2, 0.25) is 0 Å². The second kappa shape index (κ2) is 6.73. The first-order chi connectivity index (χ1) is 12.0. The van der Waals surface area contributed by atoms with Gasteiger partial charge in [0.05, 0.1) is 0 Å². The number of hydrogen-bond donors (Lipinski definition) is 2. The fourth-order valence-electron chi connectivity index (χ4n) is 2.16. The van der Waals surface area contributed by atoms with E-state index in [1.807, 2.05) is 25.1 Å². The number of fused-ring (bicyclic) bond motifs is 1. The van der Waals surface area contributed by atoms with Crippen molar-refractivity contribution in [1.29, 1.82) is 0 Å². The molecule has 2 N–H and O–H groups in total. The average molecular weight is 357 g/mol. The van der Waals surface area contributed by atoms with Gasteiger partial charge in [0.25, 0.3) is 17.4 Å². The van der Waals surface area contributed by atoms with Crippen LogP contribution in [-0.2, 0) is 0 Å². The lowest BCUT2D eigenvalue weighted by Crippen LogP contribution is -2.43. The standard InChI is InChI=1S/C16H15N5O3S/c1-20(2)11-5-3-4-10(8-11)13(22)18-19-14(23)12-9-17-16-21(15(12)24)6-7-25-16/h3-9H,1-2H3,(H,18,22)(H,19,23). The molecule has 0 aliphatic rings. The lowest BCUT2D eigenvalue weighted by molar-refractivity contribution is 0.0845. The maximum atomic E-state index is 12.2. The Morgan fingerprint density at radius 2 is 1.96 bits per heavy atom. The van der Waals surface area contributed by atoms with Gasteiger partial charge in [-0.2, -0.15) is 0 Å². The van der Waals surface area contributed by atoms with Crippen LogP contribution < -0.4 is 21.3 Å². The van der Waals surface area contributed by atoms with Gasteiger partial charge in [-0.15, -0.1) is 11.3 Å². The zero-order valence-electron chi connectivity index (χ0n) is 13.5. The Morgan fingerprint density at radius 1 is 1.20 bits per heavy atom. The largest absolute Gasteiger partial charge is 0.378 e. The number of hydrogen-bond acceptors (Lipinski definition) is 6. The summed E-state index contributed by atoms with van der Waals surface area (Å²) in [4.78, 5) is 42.9. The maximum Gasteiger partial charge on any atom is 0.276 e. The molecule has 0 saturated carbocycles. The fourth-order valence-corrected chi connectivity index (χ4v) is 2.83. The van der Waals surface area contributed by atoms with Gasteiger partial charge in [0.2, 0.25) is 0 Å². The van der Waals surface area contributed by atoms with Crippen LogP contribution in [-0.4, -0.2) is 35.3 Å². The maximum absolute atomic E-state index is 12.2. The summed E-state index contributed by atoms with van der Waals surface area (Å²) in [5, 5.41) is 1.70. The second-order valence-corrected chi connectivity index (χ2v) is 6.26. The molecule has 9 heteroatoms. The topological polar surface area (TPSA) is 95.8 Å². The van der Waals surface area contributed by atoms with Crippen LogP contribution in [0.3, 0.4) is 0 Å². The quantitative estimate of drug-likeness (QED) is 0.679. The summed E-state index contributed by atoms with van der Waals surface area (Å²) in [6, 6.07) is 6.92. The van der Waals surface area contributed by atoms with Gasteiger partial charge in [0, 0.05) is 43.1 Å². The number of aromatic nitrogens is 2. The molecule has 128 valence electrons. The first-order valence-electron chi connectivity index (χ1n) is 7.30. The van der Waals surface area contributed by atoms with E-state index in [2.05, 4.69) is 15.8 Å². The molecule has 3 rings (SSSR count). The molecule has 0 unspecified atom stereocenters. The molecular weight excluding hydrogens is 342 g/mol. The molecule has 2 aromatic heterocycles. The summed E-state index contributed by atoms with van der Waals surface area (Å²) in [7, 11) is 3.72. The molecule has 0 saturated heterocycles. The Kier molecular flexibility index (Phi) is 4.48. The normalized spacial score (nSPS) is 10.5. The lowest BCUT2D eigenvalue weighted by atomic mass is 10.2. The lowest BCUT2D eigenvalue weighted by Gasteiger charge is -2.13. The molecule has 2 heterocycles. The van der Waals surface area contributed by atoms with E-state index in [1.165, 1.54) is 28.1 Å². The van der Waals surface area contributed by atoms with E-state index in [1.54, 1.807) is 23.6 Å². The Balaban J connectivity index is 1.73. The van der Waals surface area contributed by atoms with Crippen molar-refractivity contribution < 1.29 is 9.59 Å². The molecule has 1 aromatic carbocycles. The number of amides is 2. The predicted octanol–water partition coefficient (Wildman–Crippen LogP) is 0.897. The van der Waals surface area contributed by atoms with Crippen LogP contribution in [0.25, 0.3) is 4.96 Å². The Morgan fingerprint density at radius 3 is 2.72 bits per heavy atom. The number of nitrogens with one attached hydrogen (secondary N) is 2. The molecule has 0 aliphatic heterocycles. The summed E-state index contributed by atoms with van der Waals surface area (Å²) in [5.41, 5.74) is 5.13. The third kappa shape index (κ3) is 3.36. The molecule has 0 bridgehead atoms. The molecule has 0 fully saturated rings. The molecule has 8 nitrogen and oxygen atoms in total. The van der Waals surface area contributed by atoms with Crippen LogP contribution in [0.15, 0.2) is 46.8 Å². The third-order valence-electron chi connectivity index (χ3n) is 3.50. The minimum Gasteiger partial charge on any atom is -0.378 e. The SMILES string of the molecule is CN(C)c1cccc(C(=O)NNC(=O)c2cnc3sccn3c2=O)c1. The van der Waals surface area contributed by atoms with Gasteiger partial charge in [0.15, 0.2) is 4.96 Å². The molecule has 0 aliphatic carbocycles. The summed E-state index contributed by atoms with van der Waals surface area (Å²) in [6.45, 7) is 0. The van der Waals surface area contributed by atoms with Crippen molar-refractivity contribution in [1.82, 2.24) is 20.2 Å². The van der Waals surface area contributed by atoms with Crippen molar-refractivity contribution in [2.75, 3.05) is 19.0 Å². The van der Waals surface area contributed by atoms with E-state index in [4.69, 9.17) is 0 Å². The third-order valence-corrected chi connectivity index (χ3v) is 4.27. The molecule has 0 spiro atoms. The van der Waals surface area contributed by atoms with Gasteiger partial charge in [-0.05, 0) is 18.2 Å². The predicted molar refractivity (Wildman–Crippen MR) is 95.0 cm³/mol. The summed E-state index contributed by atoms with van der Waals surface area (Å²) in [5.74, 6) is -1.21. The van der Waals surface area contributed by atoms with Gasteiger partial charge in [-0.1, -0.05) is 6.07 Å². The van der Waals surface area contributed by atoms with Crippen LogP contribution in [0.1, 0.15) is 20.7 Å². The first-order valence-corrected chi connectivity index (χ1v) is 8.18. The molecule has 2 amide bonds. The summed E-state index contributed by atoms with van der Waals surface area (Å²) >= 11 is 1.29. The number of carbonyl (C=O) groups excluding carboxylic acids is 2. The number of rotatable bonds is 3. The number of benzene rings is 1.